The average molecular weight is 383 g/mol. The van der Waals surface area contributed by atoms with E-state index in [1.165, 1.54) is 23.9 Å². The molecule has 0 aliphatic carbocycles. The third-order valence-electron chi connectivity index (χ3n) is 3.90. The minimum absolute atomic E-state index is 0.0134. The van der Waals surface area contributed by atoms with Gasteiger partial charge in [-0.3, -0.25) is 19.8 Å². The number of amidine groups is 1. The molecule has 0 unspecified atom stereocenters. The van der Waals surface area contributed by atoms with Crippen LogP contribution in [0, 0.1) is 10.1 Å². The van der Waals surface area contributed by atoms with Crippen LogP contribution in [0.15, 0.2) is 58.4 Å². The Kier molecular flexibility index (Phi) is 5.56. The molecular formula is C19H17N3O4S. The molecule has 0 aromatic heterocycles. The van der Waals surface area contributed by atoms with E-state index in [1.54, 1.807) is 30.2 Å². The van der Waals surface area contributed by atoms with Gasteiger partial charge >= 0.3 is 0 Å². The summed E-state index contributed by atoms with van der Waals surface area (Å²) in [6.45, 7) is 2.38. The predicted octanol–water partition coefficient (Wildman–Crippen LogP) is 4.23. The third-order valence-corrected chi connectivity index (χ3v) is 4.91. The lowest BCUT2D eigenvalue weighted by atomic mass is 10.2. The van der Waals surface area contributed by atoms with Crippen LogP contribution in [0.4, 0.5) is 11.4 Å². The average Bonchev–Trinajstić information content (AvgIpc) is 2.97. The number of nitrogens with zero attached hydrogens (tertiary/aromatic N) is 3. The van der Waals surface area contributed by atoms with Crippen molar-refractivity contribution in [2.75, 3.05) is 13.7 Å². The van der Waals surface area contributed by atoms with Crippen molar-refractivity contribution in [1.82, 2.24) is 4.90 Å². The van der Waals surface area contributed by atoms with Crippen molar-refractivity contribution in [2.45, 2.75) is 6.92 Å². The number of carbonyl (C=O) groups excluding carboxylic acids is 1. The fourth-order valence-electron chi connectivity index (χ4n) is 2.48. The van der Waals surface area contributed by atoms with Crippen LogP contribution in [-0.4, -0.2) is 34.6 Å². The summed E-state index contributed by atoms with van der Waals surface area (Å²) in [4.78, 5) is 29.6. The largest absolute Gasteiger partial charge is 0.497 e. The first-order valence-corrected chi connectivity index (χ1v) is 9.02. The van der Waals surface area contributed by atoms with E-state index >= 15 is 0 Å². The van der Waals surface area contributed by atoms with E-state index in [1.807, 2.05) is 31.2 Å². The Bertz CT molecular complexity index is 921. The van der Waals surface area contributed by atoms with E-state index in [2.05, 4.69) is 4.99 Å². The number of nitro benzene ring substituents is 1. The zero-order valence-electron chi connectivity index (χ0n) is 14.8. The number of hydrogen-bond acceptors (Lipinski definition) is 6. The highest BCUT2D eigenvalue weighted by atomic mass is 32.2. The molecule has 1 heterocycles. The van der Waals surface area contributed by atoms with Crippen LogP contribution < -0.4 is 4.74 Å². The summed E-state index contributed by atoms with van der Waals surface area (Å²) < 4.78 is 5.14. The van der Waals surface area contributed by atoms with Gasteiger partial charge < -0.3 is 4.74 Å². The van der Waals surface area contributed by atoms with Gasteiger partial charge in [0.15, 0.2) is 5.17 Å². The highest BCUT2D eigenvalue weighted by molar-refractivity contribution is 8.18. The number of benzene rings is 2. The van der Waals surface area contributed by atoms with Gasteiger partial charge in [0.2, 0.25) is 0 Å². The molecular weight excluding hydrogens is 366 g/mol. The molecule has 1 fully saturated rings. The van der Waals surface area contributed by atoms with E-state index in [0.717, 1.165) is 17.0 Å². The quantitative estimate of drug-likeness (QED) is 0.438. The van der Waals surface area contributed by atoms with Crippen molar-refractivity contribution in [3.05, 3.63) is 69.1 Å². The lowest BCUT2D eigenvalue weighted by molar-refractivity contribution is -0.384. The molecule has 0 saturated carbocycles. The Morgan fingerprint density at radius 3 is 2.41 bits per heavy atom. The molecule has 2 aromatic rings. The molecule has 1 amide bonds. The van der Waals surface area contributed by atoms with Crippen molar-refractivity contribution < 1.29 is 14.5 Å². The standard InChI is InChI=1S/C19H17N3O4S/c1-3-21-18(23)17(12-13-4-8-15(9-5-13)22(24)25)27-19(21)20-14-6-10-16(26-2)11-7-14/h4-12H,3H2,1-2H3/b17-12+,20-19?. The summed E-state index contributed by atoms with van der Waals surface area (Å²) >= 11 is 1.28. The van der Waals surface area contributed by atoms with Crippen molar-refractivity contribution in [3.63, 3.8) is 0 Å². The zero-order valence-corrected chi connectivity index (χ0v) is 15.6. The summed E-state index contributed by atoms with van der Waals surface area (Å²) in [5, 5.41) is 11.3. The first kappa shape index (κ1) is 18.7. The number of nitro groups is 1. The fraction of sp³-hybridized carbons (Fsp3) is 0.158. The number of thioether (sulfide) groups is 1. The third kappa shape index (κ3) is 4.17. The number of ether oxygens (including phenoxy) is 1. The van der Waals surface area contributed by atoms with Crippen LogP contribution in [0.1, 0.15) is 12.5 Å². The van der Waals surface area contributed by atoms with Gasteiger partial charge in [-0.1, -0.05) is 0 Å². The van der Waals surface area contributed by atoms with Crippen molar-refractivity contribution >= 4 is 40.3 Å². The first-order valence-electron chi connectivity index (χ1n) is 8.20. The highest BCUT2D eigenvalue weighted by Crippen LogP contribution is 2.34. The lowest BCUT2D eigenvalue weighted by Gasteiger charge is -2.12. The summed E-state index contributed by atoms with van der Waals surface area (Å²) in [7, 11) is 1.60. The first-order chi connectivity index (χ1) is 13.0. The van der Waals surface area contributed by atoms with E-state index in [-0.39, 0.29) is 11.6 Å². The van der Waals surface area contributed by atoms with Gasteiger partial charge in [0, 0.05) is 18.7 Å². The molecule has 1 aliphatic rings. The van der Waals surface area contributed by atoms with Crippen molar-refractivity contribution in [2.24, 2.45) is 4.99 Å². The van der Waals surface area contributed by atoms with Crippen LogP contribution in [0.2, 0.25) is 0 Å². The molecule has 2 aromatic carbocycles. The topological polar surface area (TPSA) is 85.0 Å². The molecule has 1 aliphatic heterocycles. The number of methoxy groups -OCH3 is 1. The Hall–Kier alpha value is -3.13. The van der Waals surface area contributed by atoms with Gasteiger partial charge in [-0.25, -0.2) is 4.99 Å². The molecule has 0 N–H and O–H groups in total. The van der Waals surface area contributed by atoms with Crippen LogP contribution in [0.25, 0.3) is 6.08 Å². The molecule has 0 spiro atoms. The van der Waals surface area contributed by atoms with E-state index in [9.17, 15) is 14.9 Å². The second-order valence-electron chi connectivity index (χ2n) is 5.60. The second-order valence-corrected chi connectivity index (χ2v) is 6.61. The summed E-state index contributed by atoms with van der Waals surface area (Å²) in [6.07, 6.45) is 1.72. The Morgan fingerprint density at radius 2 is 1.85 bits per heavy atom. The molecule has 138 valence electrons. The molecule has 0 radical (unpaired) electrons. The van der Waals surface area contributed by atoms with Gasteiger partial charge in [-0.15, -0.1) is 0 Å². The maximum absolute atomic E-state index is 12.6. The number of rotatable bonds is 5. The minimum atomic E-state index is -0.454. The molecule has 7 nitrogen and oxygen atoms in total. The van der Waals surface area contributed by atoms with Gasteiger partial charge in [0.05, 0.1) is 22.6 Å². The predicted molar refractivity (Wildman–Crippen MR) is 106 cm³/mol. The molecule has 1 saturated heterocycles. The number of amides is 1. The maximum atomic E-state index is 12.6. The molecule has 0 atom stereocenters. The van der Waals surface area contributed by atoms with Crippen LogP contribution in [-0.2, 0) is 4.79 Å². The maximum Gasteiger partial charge on any atom is 0.269 e. The number of carbonyl (C=O) groups is 1. The normalized spacial score (nSPS) is 17.0. The van der Waals surface area contributed by atoms with E-state index < -0.39 is 4.92 Å². The lowest BCUT2D eigenvalue weighted by Crippen LogP contribution is -2.28. The van der Waals surface area contributed by atoms with Crippen molar-refractivity contribution in [3.8, 4) is 5.75 Å². The summed E-state index contributed by atoms with van der Waals surface area (Å²) in [6, 6.07) is 13.3. The molecule has 8 heteroatoms. The fourth-order valence-corrected chi connectivity index (χ4v) is 3.54. The molecule has 3 rings (SSSR count). The smallest absolute Gasteiger partial charge is 0.269 e. The molecule has 27 heavy (non-hydrogen) atoms. The van der Waals surface area contributed by atoms with Gasteiger partial charge in [-0.2, -0.15) is 0 Å². The highest BCUT2D eigenvalue weighted by Gasteiger charge is 2.32. The Labute approximate surface area is 160 Å². The number of hydrogen-bond donors (Lipinski definition) is 0. The number of aliphatic imine (C=N–C) groups is 1. The van der Waals surface area contributed by atoms with E-state index in [4.69, 9.17) is 4.74 Å². The Morgan fingerprint density at radius 1 is 1.19 bits per heavy atom. The van der Waals surface area contributed by atoms with Crippen LogP contribution in [0.5, 0.6) is 5.75 Å². The van der Waals surface area contributed by atoms with Crippen LogP contribution in [0.3, 0.4) is 0 Å². The number of non-ortho nitro benzene ring substituents is 1. The van der Waals surface area contributed by atoms with Gasteiger partial charge in [0.1, 0.15) is 5.75 Å². The van der Waals surface area contributed by atoms with Crippen LogP contribution >= 0.6 is 11.8 Å². The summed E-state index contributed by atoms with van der Waals surface area (Å²) in [5.41, 5.74) is 1.46. The molecule has 0 bridgehead atoms. The van der Waals surface area contributed by atoms with Gasteiger partial charge in [0.25, 0.3) is 11.6 Å². The monoisotopic (exact) mass is 383 g/mol. The van der Waals surface area contributed by atoms with Gasteiger partial charge in [-0.05, 0) is 66.7 Å². The zero-order chi connectivity index (χ0) is 19.4. The van der Waals surface area contributed by atoms with Crippen molar-refractivity contribution in [1.29, 1.82) is 0 Å². The SMILES string of the molecule is CCN1C(=O)/C(=C\c2ccc([N+](=O)[O-])cc2)SC1=Nc1ccc(OC)cc1. The van der Waals surface area contributed by atoms with E-state index in [0.29, 0.717) is 16.6 Å². The minimum Gasteiger partial charge on any atom is -0.497 e. The number of likely N-dealkylation sites (N-methyl/N-ethyl adjacent to an activating group) is 1. The second kappa shape index (κ2) is 8.05. The Balaban J connectivity index is 1.87. The summed E-state index contributed by atoms with van der Waals surface area (Å²) in [5.74, 6) is 0.605.